The predicted molar refractivity (Wildman–Crippen MR) is 191 cm³/mol. The molecule has 2 N–H and O–H groups in total. The van der Waals surface area contributed by atoms with Gasteiger partial charge >= 0.3 is 0 Å². The second-order valence-corrected chi connectivity index (χ2v) is 10.9. The Morgan fingerprint density at radius 2 is 1.37 bits per heavy atom. The number of pyridine rings is 1. The van der Waals surface area contributed by atoms with Crippen molar-refractivity contribution in [1.82, 2.24) is 4.98 Å². The number of nitrogens with zero attached hydrogens (tertiary/aromatic N) is 3. The van der Waals surface area contributed by atoms with Gasteiger partial charge in [-0.2, -0.15) is 10.5 Å². The zero-order chi connectivity index (χ0) is 32.0. The maximum Gasteiger partial charge on any atom is 0.0992 e. The van der Waals surface area contributed by atoms with Crippen LogP contribution >= 0.6 is 0 Å². The summed E-state index contributed by atoms with van der Waals surface area (Å²) in [6, 6.07) is 37.6. The lowest BCUT2D eigenvalue weighted by Crippen LogP contribution is -1.94. The lowest BCUT2D eigenvalue weighted by molar-refractivity contribution is 1.25. The molecule has 1 heterocycles. The van der Waals surface area contributed by atoms with Gasteiger partial charge in [-0.3, -0.25) is 4.98 Å². The van der Waals surface area contributed by atoms with E-state index in [9.17, 15) is 10.5 Å². The molecule has 4 nitrogen and oxygen atoms in total. The molecule has 0 amide bonds. The molecule has 0 aliphatic carbocycles. The molecule has 6 aromatic rings. The van der Waals surface area contributed by atoms with Crippen molar-refractivity contribution in [2.24, 2.45) is 5.73 Å². The minimum absolute atomic E-state index is 0.541. The fourth-order valence-corrected chi connectivity index (χ4v) is 5.99. The monoisotopic (exact) mass is 590 g/mol. The quantitative estimate of drug-likeness (QED) is 0.109. The number of fused-ring (bicyclic) bond motifs is 3. The minimum Gasteiger partial charge on any atom is -0.405 e. The van der Waals surface area contributed by atoms with Crippen molar-refractivity contribution in [3.05, 3.63) is 163 Å². The molecule has 0 aliphatic heterocycles. The number of allylic oxidation sites excluding steroid dienone is 3. The molecule has 4 heteroatoms. The van der Waals surface area contributed by atoms with Gasteiger partial charge in [0.15, 0.2) is 0 Å². The van der Waals surface area contributed by atoms with E-state index in [1.54, 1.807) is 24.4 Å². The van der Waals surface area contributed by atoms with E-state index in [-0.39, 0.29) is 0 Å². The van der Waals surface area contributed by atoms with E-state index < -0.39 is 0 Å². The van der Waals surface area contributed by atoms with E-state index in [1.165, 1.54) is 6.20 Å². The molecule has 0 fully saturated rings. The fourth-order valence-electron chi connectivity index (χ4n) is 5.99. The van der Waals surface area contributed by atoms with E-state index in [4.69, 9.17) is 5.73 Å². The summed E-state index contributed by atoms with van der Waals surface area (Å²) >= 11 is 0. The summed E-state index contributed by atoms with van der Waals surface area (Å²) in [5.74, 6) is 0. The summed E-state index contributed by atoms with van der Waals surface area (Å²) in [6.07, 6.45) is 11.0. The standard InChI is InChI=1S/C42H30N4/c1-3-34-35(4-2)40-25-39(31-13-11-28(12-14-31)9-10-29(26-44)19-21-43)36-7-5-6-8-37(36)41(40)24-38(34)32-15-17-33(18-16-32)42-23-30(27-45)20-22-46-42/h3-8,10-25H,1-2,9,43H2/b21-19-,29-10+. The van der Waals surface area contributed by atoms with Crippen molar-refractivity contribution < 1.29 is 0 Å². The lowest BCUT2D eigenvalue weighted by Gasteiger charge is -2.18. The van der Waals surface area contributed by atoms with Crippen molar-refractivity contribution >= 4 is 33.7 Å². The first kappa shape index (κ1) is 29.6. The van der Waals surface area contributed by atoms with Crippen LogP contribution in [0.3, 0.4) is 0 Å². The zero-order valence-corrected chi connectivity index (χ0v) is 25.2. The zero-order valence-electron chi connectivity index (χ0n) is 25.2. The molecule has 46 heavy (non-hydrogen) atoms. The molecule has 0 aliphatic rings. The fraction of sp³-hybridized carbons (Fsp3) is 0.0238. The second-order valence-electron chi connectivity index (χ2n) is 10.9. The van der Waals surface area contributed by atoms with Crippen LogP contribution in [-0.4, -0.2) is 4.98 Å². The Morgan fingerprint density at radius 3 is 2.04 bits per heavy atom. The first-order chi connectivity index (χ1) is 22.6. The molecule has 0 bridgehead atoms. The van der Waals surface area contributed by atoms with E-state index in [0.29, 0.717) is 17.6 Å². The van der Waals surface area contributed by atoms with Gasteiger partial charge in [0.05, 0.1) is 23.4 Å². The Balaban J connectivity index is 1.47. The topological polar surface area (TPSA) is 86.5 Å². The number of rotatable bonds is 8. The van der Waals surface area contributed by atoms with Crippen LogP contribution in [0.25, 0.3) is 67.2 Å². The Bertz CT molecular complexity index is 2270. The van der Waals surface area contributed by atoms with Crippen LogP contribution in [0.5, 0.6) is 0 Å². The van der Waals surface area contributed by atoms with Crippen molar-refractivity contribution in [2.75, 3.05) is 0 Å². The normalized spacial score (nSPS) is 11.4. The lowest BCUT2D eigenvalue weighted by atomic mass is 9.85. The van der Waals surface area contributed by atoms with Crippen LogP contribution in [-0.2, 0) is 6.42 Å². The van der Waals surface area contributed by atoms with Crippen molar-refractivity contribution in [1.29, 1.82) is 10.5 Å². The van der Waals surface area contributed by atoms with E-state index >= 15 is 0 Å². The van der Waals surface area contributed by atoms with Crippen LogP contribution in [0, 0.1) is 22.7 Å². The van der Waals surface area contributed by atoms with Gasteiger partial charge in [0, 0.05) is 17.3 Å². The molecule has 0 radical (unpaired) electrons. The average molecular weight is 591 g/mol. The number of hydrogen-bond acceptors (Lipinski definition) is 4. The third-order valence-electron chi connectivity index (χ3n) is 8.26. The second kappa shape index (κ2) is 13.0. The number of aromatic nitrogens is 1. The van der Waals surface area contributed by atoms with Gasteiger partial charge in [0.2, 0.25) is 0 Å². The molecule has 1 aromatic heterocycles. The Hall–Kier alpha value is -6.49. The molecule has 0 saturated carbocycles. The van der Waals surface area contributed by atoms with Crippen molar-refractivity contribution in [2.45, 2.75) is 6.42 Å². The molecular formula is C42H30N4. The van der Waals surface area contributed by atoms with E-state index in [1.807, 2.05) is 30.4 Å². The highest BCUT2D eigenvalue weighted by Crippen LogP contribution is 2.41. The minimum atomic E-state index is 0.541. The van der Waals surface area contributed by atoms with Crippen LogP contribution in [0.15, 0.2) is 140 Å². The average Bonchev–Trinajstić information content (AvgIpc) is 3.12. The summed E-state index contributed by atoms with van der Waals surface area (Å²) in [6.45, 7) is 8.41. The largest absolute Gasteiger partial charge is 0.405 e. The van der Waals surface area contributed by atoms with Gasteiger partial charge < -0.3 is 5.73 Å². The summed E-state index contributed by atoms with van der Waals surface area (Å²) in [7, 11) is 0. The Kier molecular flexibility index (Phi) is 8.37. The van der Waals surface area contributed by atoms with Crippen molar-refractivity contribution in [3.8, 4) is 45.6 Å². The molecule has 0 atom stereocenters. The first-order valence-corrected chi connectivity index (χ1v) is 14.9. The first-order valence-electron chi connectivity index (χ1n) is 14.9. The van der Waals surface area contributed by atoms with Crippen LogP contribution < -0.4 is 5.73 Å². The molecule has 5 aromatic carbocycles. The van der Waals surface area contributed by atoms with Crippen molar-refractivity contribution in [3.63, 3.8) is 0 Å². The summed E-state index contributed by atoms with van der Waals surface area (Å²) in [5, 5.41) is 23.2. The number of nitrogens with two attached hydrogens (primary N) is 1. The number of benzene rings is 5. The molecule has 0 saturated heterocycles. The van der Waals surface area contributed by atoms with Gasteiger partial charge in [-0.1, -0.05) is 104 Å². The summed E-state index contributed by atoms with van der Waals surface area (Å²) in [4.78, 5) is 4.46. The highest BCUT2D eigenvalue weighted by molar-refractivity contribution is 6.17. The van der Waals surface area contributed by atoms with Crippen LogP contribution in [0.2, 0.25) is 0 Å². The van der Waals surface area contributed by atoms with Gasteiger partial charge in [-0.15, -0.1) is 0 Å². The molecule has 0 spiro atoms. The SMILES string of the molecule is C=Cc1c(-c2ccc(-c3cc(C#N)ccn3)cc2)cc2c(cc(-c3ccc(C/C=C(C#N)\C=C/N)cc3)c3ccccc32)c1C=C. The maximum absolute atomic E-state index is 9.31. The number of hydrogen-bond donors (Lipinski definition) is 1. The van der Waals surface area contributed by atoms with Gasteiger partial charge in [-0.25, -0.2) is 0 Å². The molecule has 0 unspecified atom stereocenters. The van der Waals surface area contributed by atoms with Gasteiger partial charge in [0.1, 0.15) is 0 Å². The molecule has 6 rings (SSSR count). The van der Waals surface area contributed by atoms with Crippen LogP contribution in [0.4, 0.5) is 0 Å². The maximum atomic E-state index is 9.31. The third-order valence-corrected chi connectivity index (χ3v) is 8.26. The van der Waals surface area contributed by atoms with Gasteiger partial charge in [0.25, 0.3) is 0 Å². The van der Waals surface area contributed by atoms with E-state index in [2.05, 4.69) is 103 Å². The highest BCUT2D eigenvalue weighted by atomic mass is 14.7. The third kappa shape index (κ3) is 5.60. The van der Waals surface area contributed by atoms with E-state index in [0.717, 1.165) is 71.7 Å². The molecular weight excluding hydrogens is 560 g/mol. The smallest absolute Gasteiger partial charge is 0.0992 e. The van der Waals surface area contributed by atoms with Crippen LogP contribution in [0.1, 0.15) is 22.3 Å². The molecule has 218 valence electrons. The predicted octanol–water partition coefficient (Wildman–Crippen LogP) is 10.0. The Morgan fingerprint density at radius 1 is 0.717 bits per heavy atom. The highest BCUT2D eigenvalue weighted by Gasteiger charge is 2.16. The van der Waals surface area contributed by atoms with Gasteiger partial charge in [-0.05, 0) is 103 Å². The summed E-state index contributed by atoms with van der Waals surface area (Å²) in [5.41, 5.74) is 15.8. The number of nitriles is 2. The summed E-state index contributed by atoms with van der Waals surface area (Å²) < 4.78 is 0. The Labute approximate surface area is 269 Å².